The maximum Gasteiger partial charge on any atom is 0.0967 e. The summed E-state index contributed by atoms with van der Waals surface area (Å²) in [6, 6.07) is 2.58. The Kier molecular flexibility index (Phi) is 4.25. The van der Waals surface area contributed by atoms with Crippen LogP contribution in [0.25, 0.3) is 0 Å². The van der Waals surface area contributed by atoms with Crippen LogP contribution >= 0.6 is 0 Å². The molecular formula is C10H17N5. The first-order valence-electron chi connectivity index (χ1n) is 5.09. The first-order valence-corrected chi connectivity index (χ1v) is 5.09. The molecule has 0 unspecified atom stereocenters. The number of hydrogen-bond donors (Lipinski definition) is 0. The second kappa shape index (κ2) is 5.47. The van der Waals surface area contributed by atoms with Crippen molar-refractivity contribution in [2.24, 2.45) is 7.05 Å². The van der Waals surface area contributed by atoms with E-state index in [1.165, 1.54) is 0 Å². The molecule has 1 rings (SSSR count). The van der Waals surface area contributed by atoms with Crippen molar-refractivity contribution in [2.75, 3.05) is 6.54 Å². The number of hydrogen-bond acceptors (Lipinski definition) is 4. The van der Waals surface area contributed by atoms with Crippen LogP contribution in [0.15, 0.2) is 6.20 Å². The maximum absolute atomic E-state index is 8.56. The second-order valence-electron chi connectivity index (χ2n) is 3.86. The molecule has 0 radical (unpaired) electrons. The Bertz CT molecular complexity index is 336. The Morgan fingerprint density at radius 3 is 2.80 bits per heavy atom. The first-order chi connectivity index (χ1) is 7.13. The van der Waals surface area contributed by atoms with Gasteiger partial charge in [-0.1, -0.05) is 5.21 Å². The van der Waals surface area contributed by atoms with Gasteiger partial charge in [0.25, 0.3) is 0 Å². The van der Waals surface area contributed by atoms with Crippen LogP contribution in [-0.4, -0.2) is 32.5 Å². The lowest BCUT2D eigenvalue weighted by Crippen LogP contribution is -2.31. The molecule has 0 N–H and O–H groups in total. The topological polar surface area (TPSA) is 57.7 Å². The average molecular weight is 207 g/mol. The molecular weight excluding hydrogens is 190 g/mol. The van der Waals surface area contributed by atoms with Gasteiger partial charge in [0.2, 0.25) is 0 Å². The molecule has 1 heterocycles. The van der Waals surface area contributed by atoms with E-state index in [1.807, 2.05) is 13.2 Å². The lowest BCUT2D eigenvalue weighted by molar-refractivity contribution is 0.215. The average Bonchev–Trinajstić information content (AvgIpc) is 2.58. The molecule has 0 atom stereocenters. The molecule has 1 aromatic heterocycles. The molecule has 0 saturated heterocycles. The van der Waals surface area contributed by atoms with Crippen LogP contribution in [0.5, 0.6) is 0 Å². The zero-order valence-electron chi connectivity index (χ0n) is 9.51. The Balaban J connectivity index is 2.55. The van der Waals surface area contributed by atoms with E-state index in [0.29, 0.717) is 12.5 Å². The largest absolute Gasteiger partial charge is 0.294 e. The maximum atomic E-state index is 8.56. The number of rotatable bonds is 5. The van der Waals surface area contributed by atoms with Crippen molar-refractivity contribution in [3.8, 4) is 6.07 Å². The number of aryl methyl sites for hydroxylation is 1. The van der Waals surface area contributed by atoms with Gasteiger partial charge in [0, 0.05) is 38.8 Å². The molecule has 1 aromatic rings. The van der Waals surface area contributed by atoms with E-state index in [0.717, 1.165) is 18.8 Å². The van der Waals surface area contributed by atoms with Crippen molar-refractivity contribution in [3.63, 3.8) is 0 Å². The van der Waals surface area contributed by atoms with Crippen LogP contribution in [0.4, 0.5) is 0 Å². The van der Waals surface area contributed by atoms with Gasteiger partial charge < -0.3 is 0 Å². The van der Waals surface area contributed by atoms with Gasteiger partial charge in [-0.15, -0.1) is 5.10 Å². The van der Waals surface area contributed by atoms with Crippen LogP contribution in [0.2, 0.25) is 0 Å². The van der Waals surface area contributed by atoms with Gasteiger partial charge in [0.05, 0.1) is 11.8 Å². The van der Waals surface area contributed by atoms with Crippen LogP contribution < -0.4 is 0 Å². The zero-order chi connectivity index (χ0) is 11.3. The Hall–Kier alpha value is -1.41. The summed E-state index contributed by atoms with van der Waals surface area (Å²) in [6.07, 6.45) is 2.46. The molecule has 5 heteroatoms. The van der Waals surface area contributed by atoms with E-state index in [9.17, 15) is 0 Å². The van der Waals surface area contributed by atoms with Gasteiger partial charge in [0.15, 0.2) is 0 Å². The molecule has 5 nitrogen and oxygen atoms in total. The van der Waals surface area contributed by atoms with Crippen molar-refractivity contribution in [1.29, 1.82) is 5.26 Å². The van der Waals surface area contributed by atoms with Gasteiger partial charge in [-0.05, 0) is 13.8 Å². The minimum absolute atomic E-state index is 0.417. The quantitative estimate of drug-likeness (QED) is 0.721. The summed E-state index contributed by atoms with van der Waals surface area (Å²) < 4.78 is 1.69. The SMILES string of the molecule is CC(C)N(CCC#N)Cc1cn(C)nn1. The van der Waals surface area contributed by atoms with Gasteiger partial charge in [-0.3, -0.25) is 9.58 Å². The van der Waals surface area contributed by atoms with Gasteiger partial charge in [0.1, 0.15) is 0 Å². The molecule has 82 valence electrons. The highest BCUT2D eigenvalue weighted by atomic mass is 15.4. The van der Waals surface area contributed by atoms with E-state index in [4.69, 9.17) is 5.26 Å². The molecule has 0 bridgehead atoms. The van der Waals surface area contributed by atoms with Crippen LogP contribution in [0.1, 0.15) is 26.0 Å². The Morgan fingerprint density at radius 2 is 2.33 bits per heavy atom. The fraction of sp³-hybridized carbons (Fsp3) is 0.700. The fourth-order valence-corrected chi connectivity index (χ4v) is 1.39. The number of nitriles is 1. The van der Waals surface area contributed by atoms with Crippen LogP contribution in [0.3, 0.4) is 0 Å². The third kappa shape index (κ3) is 3.68. The first kappa shape index (κ1) is 11.7. The summed E-state index contributed by atoms with van der Waals surface area (Å²) in [4.78, 5) is 2.22. The van der Waals surface area contributed by atoms with Gasteiger partial charge in [-0.2, -0.15) is 5.26 Å². The highest BCUT2D eigenvalue weighted by molar-refractivity contribution is 4.92. The van der Waals surface area contributed by atoms with Gasteiger partial charge >= 0.3 is 0 Å². The van der Waals surface area contributed by atoms with E-state index >= 15 is 0 Å². The summed E-state index contributed by atoms with van der Waals surface area (Å²) >= 11 is 0. The predicted octanol–water partition coefficient (Wildman–Crippen LogP) is 0.939. The molecule has 0 aliphatic carbocycles. The minimum atomic E-state index is 0.417. The standard InChI is InChI=1S/C10H17N5/c1-9(2)15(6-4-5-11)8-10-7-14(3)13-12-10/h7,9H,4,6,8H2,1-3H3. The summed E-state index contributed by atoms with van der Waals surface area (Å²) in [6.45, 7) is 5.78. The highest BCUT2D eigenvalue weighted by Crippen LogP contribution is 2.05. The van der Waals surface area contributed by atoms with Crippen molar-refractivity contribution in [3.05, 3.63) is 11.9 Å². The zero-order valence-corrected chi connectivity index (χ0v) is 9.51. The van der Waals surface area contributed by atoms with E-state index < -0.39 is 0 Å². The summed E-state index contributed by atoms with van der Waals surface area (Å²) in [5, 5.41) is 16.5. The van der Waals surface area contributed by atoms with Gasteiger partial charge in [-0.25, -0.2) is 0 Å². The molecule has 0 fully saturated rings. The predicted molar refractivity (Wildman–Crippen MR) is 56.8 cm³/mol. The smallest absolute Gasteiger partial charge is 0.0967 e. The molecule has 0 spiro atoms. The molecule has 0 aromatic carbocycles. The second-order valence-corrected chi connectivity index (χ2v) is 3.86. The third-order valence-electron chi connectivity index (χ3n) is 2.26. The highest BCUT2D eigenvalue weighted by Gasteiger charge is 2.11. The normalized spacial score (nSPS) is 10.9. The number of nitrogens with zero attached hydrogens (tertiary/aromatic N) is 5. The Labute approximate surface area is 90.3 Å². The monoisotopic (exact) mass is 207 g/mol. The van der Waals surface area contributed by atoms with E-state index in [-0.39, 0.29) is 0 Å². The summed E-state index contributed by atoms with van der Waals surface area (Å²) in [7, 11) is 1.85. The minimum Gasteiger partial charge on any atom is -0.294 e. The van der Waals surface area contributed by atoms with E-state index in [2.05, 4.69) is 35.1 Å². The van der Waals surface area contributed by atoms with Crippen LogP contribution in [0, 0.1) is 11.3 Å². The third-order valence-corrected chi connectivity index (χ3v) is 2.26. The lowest BCUT2D eigenvalue weighted by Gasteiger charge is -2.23. The van der Waals surface area contributed by atoms with Crippen molar-refractivity contribution >= 4 is 0 Å². The lowest BCUT2D eigenvalue weighted by atomic mass is 10.2. The van der Waals surface area contributed by atoms with Crippen molar-refractivity contribution in [1.82, 2.24) is 19.9 Å². The number of aromatic nitrogens is 3. The van der Waals surface area contributed by atoms with Crippen molar-refractivity contribution < 1.29 is 0 Å². The van der Waals surface area contributed by atoms with Crippen molar-refractivity contribution in [2.45, 2.75) is 32.9 Å². The molecule has 0 saturated carbocycles. The summed E-state index contributed by atoms with van der Waals surface area (Å²) in [5.41, 5.74) is 0.948. The molecule has 0 amide bonds. The van der Waals surface area contributed by atoms with E-state index in [1.54, 1.807) is 4.68 Å². The summed E-state index contributed by atoms with van der Waals surface area (Å²) in [5.74, 6) is 0. The molecule has 0 aliphatic heterocycles. The molecule has 0 aliphatic rings. The fourth-order valence-electron chi connectivity index (χ4n) is 1.39. The van der Waals surface area contributed by atoms with Crippen LogP contribution in [-0.2, 0) is 13.6 Å². The Morgan fingerprint density at radius 1 is 1.60 bits per heavy atom. The molecule has 15 heavy (non-hydrogen) atoms.